The van der Waals surface area contributed by atoms with Crippen LogP contribution in [0.4, 0.5) is 32.3 Å². The van der Waals surface area contributed by atoms with Gasteiger partial charge in [0.05, 0.1) is 49.7 Å². The highest BCUT2D eigenvalue weighted by molar-refractivity contribution is 7.86. The molecule has 2 fully saturated rings. The lowest BCUT2D eigenvalue weighted by atomic mass is 9.68. The van der Waals surface area contributed by atoms with Crippen molar-refractivity contribution in [3.05, 3.63) is 75.9 Å². The zero-order valence-electron chi connectivity index (χ0n) is 32.5. The molecule has 10 nitrogen and oxygen atoms in total. The average molecular weight is 829 g/mol. The number of piperidine rings is 1. The van der Waals surface area contributed by atoms with Gasteiger partial charge in [-0.1, -0.05) is 32.9 Å². The Labute approximate surface area is 329 Å². The largest absolute Gasteiger partial charge is 0.490 e. The Kier molecular flexibility index (Phi) is 12.3. The summed E-state index contributed by atoms with van der Waals surface area (Å²) in [5, 5.41) is 19.1. The standard InChI is InChI=1S/C40H50F6N4O6S/c1-37(2)17-29-32(30(18-37)56-57(4,53)54)31(24-9-13-39(42,43)14-10-24)33(34(41)25-5-7-27(8-6-25)40(44,45)46)35(49-29)26-11-15-50(16-12-26)36-47-19-28(20-48-36)55-23-38(3,21-51)22-52/h5-8,19-20,24,26,30,34,51-52H,9-18,21-23H2,1-4H3/t30-,34?/m0/s1. The summed E-state index contributed by atoms with van der Waals surface area (Å²) in [6.07, 6.45) is -3.32. The van der Waals surface area contributed by atoms with Crippen molar-refractivity contribution < 1.29 is 53.9 Å². The minimum absolute atomic E-state index is 0.0145. The highest BCUT2D eigenvalue weighted by Gasteiger charge is 2.45. The Bertz CT molecular complexity index is 1980. The van der Waals surface area contributed by atoms with Crippen molar-refractivity contribution >= 4 is 16.1 Å². The first-order valence-electron chi connectivity index (χ1n) is 19.2. The normalized spacial score (nSPS) is 21.3. The van der Waals surface area contributed by atoms with Gasteiger partial charge in [-0.25, -0.2) is 23.1 Å². The van der Waals surface area contributed by atoms with E-state index in [0.29, 0.717) is 66.6 Å². The van der Waals surface area contributed by atoms with E-state index >= 15 is 4.39 Å². The topological polar surface area (TPSA) is 135 Å². The number of pyridine rings is 1. The summed E-state index contributed by atoms with van der Waals surface area (Å²) in [4.78, 5) is 15.9. The molecule has 6 rings (SSSR count). The number of ether oxygens (including phenoxy) is 1. The van der Waals surface area contributed by atoms with Gasteiger partial charge in [0.15, 0.2) is 11.9 Å². The third-order valence-corrected chi connectivity index (χ3v) is 12.0. The van der Waals surface area contributed by atoms with E-state index in [1.807, 2.05) is 18.7 Å². The van der Waals surface area contributed by atoms with Crippen molar-refractivity contribution in [2.75, 3.05) is 44.1 Å². The summed E-state index contributed by atoms with van der Waals surface area (Å²) >= 11 is 0. The number of aliphatic hydroxyl groups excluding tert-OH is 2. The summed E-state index contributed by atoms with van der Waals surface area (Å²) in [7, 11) is -4.06. The molecule has 0 bridgehead atoms. The van der Waals surface area contributed by atoms with Gasteiger partial charge in [0.25, 0.3) is 10.1 Å². The molecule has 3 aromatic rings. The Balaban J connectivity index is 1.42. The lowest BCUT2D eigenvalue weighted by Crippen LogP contribution is -2.36. The molecule has 2 N–H and O–H groups in total. The maximum absolute atomic E-state index is 17.5. The number of aromatic nitrogens is 3. The van der Waals surface area contributed by atoms with E-state index in [1.54, 1.807) is 6.92 Å². The Morgan fingerprint density at radius 2 is 1.54 bits per heavy atom. The van der Waals surface area contributed by atoms with Crippen LogP contribution in [0.15, 0.2) is 36.7 Å². The number of fused-ring (bicyclic) bond motifs is 1. The monoisotopic (exact) mass is 828 g/mol. The third kappa shape index (κ3) is 10.0. The number of nitrogens with zero attached hydrogens (tertiary/aromatic N) is 4. The van der Waals surface area contributed by atoms with Gasteiger partial charge in [-0.3, -0.25) is 9.17 Å². The second-order valence-corrected chi connectivity index (χ2v) is 18.6. The van der Waals surface area contributed by atoms with Crippen LogP contribution in [0.5, 0.6) is 5.75 Å². The summed E-state index contributed by atoms with van der Waals surface area (Å²) in [5.41, 5.74) is -0.667. The number of benzene rings is 1. The summed E-state index contributed by atoms with van der Waals surface area (Å²) < 4.78 is 124. The van der Waals surface area contributed by atoms with E-state index in [1.165, 1.54) is 12.4 Å². The average Bonchev–Trinajstić information content (AvgIpc) is 3.15. The van der Waals surface area contributed by atoms with Gasteiger partial charge < -0.3 is 19.8 Å². The minimum atomic E-state index is -4.66. The molecular formula is C40H50F6N4O6S. The van der Waals surface area contributed by atoms with Gasteiger partial charge in [-0.05, 0) is 73.1 Å². The zero-order valence-corrected chi connectivity index (χ0v) is 33.3. The van der Waals surface area contributed by atoms with E-state index in [2.05, 4.69) is 9.97 Å². The first-order chi connectivity index (χ1) is 26.6. The number of aliphatic hydroxyl groups is 2. The molecule has 1 aromatic carbocycles. The van der Waals surface area contributed by atoms with Crippen LogP contribution >= 0.6 is 0 Å². The van der Waals surface area contributed by atoms with Gasteiger partial charge in [0.1, 0.15) is 6.10 Å². The smallest absolute Gasteiger partial charge is 0.416 e. The fourth-order valence-electron chi connectivity index (χ4n) is 8.27. The van der Waals surface area contributed by atoms with Crippen LogP contribution in [0.2, 0.25) is 0 Å². The Morgan fingerprint density at radius 3 is 2.09 bits per heavy atom. The van der Waals surface area contributed by atoms with Gasteiger partial charge in [0.2, 0.25) is 11.9 Å². The molecular weight excluding hydrogens is 779 g/mol. The van der Waals surface area contributed by atoms with Gasteiger partial charge in [0, 0.05) is 54.1 Å². The maximum Gasteiger partial charge on any atom is 0.416 e. The predicted octanol–water partition coefficient (Wildman–Crippen LogP) is 7.99. The van der Waals surface area contributed by atoms with Gasteiger partial charge in [-0.15, -0.1) is 0 Å². The lowest BCUT2D eigenvalue weighted by Gasteiger charge is -2.42. The second kappa shape index (κ2) is 16.3. The number of hydrogen-bond donors (Lipinski definition) is 2. The highest BCUT2D eigenvalue weighted by atomic mass is 32.2. The van der Waals surface area contributed by atoms with E-state index < -0.39 is 69.6 Å². The summed E-state index contributed by atoms with van der Waals surface area (Å²) in [5.74, 6) is -3.16. The number of anilines is 1. The minimum Gasteiger partial charge on any atom is -0.490 e. The molecule has 2 aliphatic carbocycles. The van der Waals surface area contributed by atoms with Gasteiger partial charge >= 0.3 is 6.18 Å². The molecule has 2 atom stereocenters. The quantitative estimate of drug-likeness (QED) is 0.137. The first kappa shape index (κ1) is 43.0. The molecule has 0 radical (unpaired) electrons. The molecule has 17 heteroatoms. The molecule has 0 amide bonds. The van der Waals surface area contributed by atoms with Crippen LogP contribution in [-0.4, -0.2) is 78.7 Å². The van der Waals surface area contributed by atoms with Crippen molar-refractivity contribution in [3.63, 3.8) is 0 Å². The van der Waals surface area contributed by atoms with Crippen LogP contribution in [0.1, 0.15) is 129 Å². The molecule has 0 spiro atoms. The number of rotatable bonds is 12. The zero-order chi connectivity index (χ0) is 41.6. The summed E-state index contributed by atoms with van der Waals surface area (Å²) in [6.45, 7) is 5.87. The number of hydrogen-bond acceptors (Lipinski definition) is 10. The maximum atomic E-state index is 17.5. The summed E-state index contributed by atoms with van der Waals surface area (Å²) in [6, 6.07) is 3.76. The number of alkyl halides is 6. The van der Waals surface area contributed by atoms with Crippen molar-refractivity contribution in [3.8, 4) is 5.75 Å². The molecule has 1 saturated carbocycles. The molecule has 1 saturated heterocycles. The molecule has 314 valence electrons. The molecule has 1 unspecified atom stereocenters. The third-order valence-electron chi connectivity index (χ3n) is 11.5. The van der Waals surface area contributed by atoms with Crippen LogP contribution in [0.3, 0.4) is 0 Å². The highest BCUT2D eigenvalue weighted by Crippen LogP contribution is 2.53. The van der Waals surface area contributed by atoms with E-state index in [0.717, 1.165) is 30.5 Å². The fourth-order valence-corrected chi connectivity index (χ4v) is 8.86. The number of halogens is 6. The van der Waals surface area contributed by atoms with Crippen molar-refractivity contribution in [2.24, 2.45) is 10.8 Å². The van der Waals surface area contributed by atoms with E-state index in [9.17, 15) is 40.6 Å². The van der Waals surface area contributed by atoms with Crippen LogP contribution < -0.4 is 9.64 Å². The van der Waals surface area contributed by atoms with Crippen LogP contribution in [-0.2, 0) is 26.9 Å². The molecule has 2 aromatic heterocycles. The molecule has 1 aliphatic heterocycles. The predicted molar refractivity (Wildman–Crippen MR) is 200 cm³/mol. The van der Waals surface area contributed by atoms with Crippen molar-refractivity contribution in [2.45, 2.75) is 108 Å². The Hall–Kier alpha value is -3.54. The van der Waals surface area contributed by atoms with E-state index in [-0.39, 0.29) is 56.1 Å². The molecule has 3 aliphatic rings. The fraction of sp³-hybridized carbons (Fsp3) is 0.625. The molecule has 3 heterocycles. The molecule has 57 heavy (non-hydrogen) atoms. The van der Waals surface area contributed by atoms with Crippen molar-refractivity contribution in [1.29, 1.82) is 0 Å². The Morgan fingerprint density at radius 1 is 0.947 bits per heavy atom. The van der Waals surface area contributed by atoms with Crippen molar-refractivity contribution in [1.82, 2.24) is 15.0 Å². The second-order valence-electron chi connectivity index (χ2n) is 17.0. The first-order valence-corrected chi connectivity index (χ1v) is 21.0. The van der Waals surface area contributed by atoms with E-state index in [4.69, 9.17) is 13.9 Å². The lowest BCUT2D eigenvalue weighted by molar-refractivity contribution is -0.137. The van der Waals surface area contributed by atoms with Crippen LogP contribution in [0, 0.1) is 10.8 Å². The van der Waals surface area contributed by atoms with Crippen LogP contribution in [0.25, 0.3) is 0 Å². The SMILES string of the molecule is CC1(C)Cc2nc(C3CCN(c4ncc(OCC(C)(CO)CO)cn4)CC3)c(C(F)c3ccc(C(F)(F)F)cc3)c(C3CCC(F)(F)CC3)c2[C@@H](OS(C)(=O)=O)C1. The van der Waals surface area contributed by atoms with Gasteiger partial charge in [-0.2, -0.15) is 21.6 Å².